The zero-order valence-electron chi connectivity index (χ0n) is 23.1. The van der Waals surface area contributed by atoms with E-state index in [2.05, 4.69) is 27.7 Å². The summed E-state index contributed by atoms with van der Waals surface area (Å²) in [5.41, 5.74) is 1.61. The third kappa shape index (κ3) is 14.0. The van der Waals surface area contributed by atoms with Crippen LogP contribution in [0.25, 0.3) is 0 Å². The minimum Gasteiger partial charge on any atom is -0.508 e. The average Bonchev–Trinajstić information content (AvgIpc) is 2.77. The van der Waals surface area contributed by atoms with Gasteiger partial charge < -0.3 is 9.84 Å². The van der Waals surface area contributed by atoms with E-state index in [1.165, 1.54) is 96.3 Å². The molecule has 0 aliphatic heterocycles. The number of carbonyl (C=O) groups is 1. The molecule has 0 aliphatic rings. The van der Waals surface area contributed by atoms with Crippen molar-refractivity contribution in [2.75, 3.05) is 0 Å². The quantitative estimate of drug-likeness (QED) is 0.123. The number of hydrogen-bond donors (Lipinski definition) is 1. The van der Waals surface area contributed by atoms with E-state index in [4.69, 9.17) is 4.74 Å². The molecule has 1 aromatic rings. The number of rotatable bonds is 19. The first-order valence-electron chi connectivity index (χ1n) is 14.3. The lowest BCUT2D eigenvalue weighted by Crippen LogP contribution is -2.13. The van der Waals surface area contributed by atoms with E-state index in [-0.39, 0.29) is 17.1 Å². The third-order valence-electron chi connectivity index (χ3n) is 6.81. The Bertz CT molecular complexity index is 672. The highest BCUT2D eigenvalue weighted by molar-refractivity contribution is 5.73. The maximum Gasteiger partial charge on any atom is 0.311 e. The Kier molecular flexibility index (Phi) is 16.0. The van der Waals surface area contributed by atoms with Crippen LogP contribution >= 0.6 is 0 Å². The second kappa shape index (κ2) is 17.9. The number of phenols is 1. The Morgan fingerprint density at radius 1 is 0.735 bits per heavy atom. The molecule has 0 saturated heterocycles. The van der Waals surface area contributed by atoms with Crippen molar-refractivity contribution in [1.29, 1.82) is 0 Å². The summed E-state index contributed by atoms with van der Waals surface area (Å²) in [6.07, 6.45) is 23.1. The molecule has 196 valence electrons. The largest absolute Gasteiger partial charge is 0.508 e. The van der Waals surface area contributed by atoms with Crippen molar-refractivity contribution in [3.05, 3.63) is 23.3 Å². The number of phenolic OH excluding ortho intramolecular Hbond substituents is 1. The van der Waals surface area contributed by atoms with Crippen molar-refractivity contribution in [1.82, 2.24) is 0 Å². The van der Waals surface area contributed by atoms with Crippen molar-refractivity contribution in [2.45, 2.75) is 156 Å². The zero-order chi connectivity index (χ0) is 25.2. The fourth-order valence-electron chi connectivity index (χ4n) is 4.56. The number of carbonyl (C=O) groups excluding carboxylic acids is 1. The van der Waals surface area contributed by atoms with Gasteiger partial charge in [-0.25, -0.2) is 0 Å². The number of benzene rings is 1. The van der Waals surface area contributed by atoms with Crippen LogP contribution < -0.4 is 4.74 Å². The van der Waals surface area contributed by atoms with E-state index in [9.17, 15) is 9.90 Å². The average molecular weight is 475 g/mol. The van der Waals surface area contributed by atoms with Gasteiger partial charge in [0, 0.05) is 12.5 Å². The number of esters is 1. The molecule has 3 nitrogen and oxygen atoms in total. The molecule has 0 unspecified atom stereocenters. The summed E-state index contributed by atoms with van der Waals surface area (Å²) >= 11 is 0. The maximum atomic E-state index is 12.2. The van der Waals surface area contributed by atoms with Gasteiger partial charge in [-0.1, -0.05) is 130 Å². The van der Waals surface area contributed by atoms with E-state index in [0.717, 1.165) is 24.0 Å². The van der Waals surface area contributed by atoms with Gasteiger partial charge >= 0.3 is 5.97 Å². The molecule has 34 heavy (non-hydrogen) atoms. The molecule has 0 radical (unpaired) electrons. The summed E-state index contributed by atoms with van der Waals surface area (Å²) in [6.45, 7) is 10.4. The number of unbranched alkanes of at least 4 members (excludes halogenated alkanes) is 16. The molecule has 0 aliphatic carbocycles. The molecule has 0 aromatic heterocycles. The zero-order valence-corrected chi connectivity index (χ0v) is 23.1. The van der Waals surface area contributed by atoms with Gasteiger partial charge in [0.1, 0.15) is 11.5 Å². The molecule has 0 heterocycles. The molecule has 1 aromatic carbocycles. The van der Waals surface area contributed by atoms with Gasteiger partial charge in [-0.3, -0.25) is 4.79 Å². The molecule has 0 saturated carbocycles. The van der Waals surface area contributed by atoms with E-state index >= 15 is 0 Å². The van der Waals surface area contributed by atoms with Gasteiger partial charge in [-0.05, 0) is 36.0 Å². The first-order valence-corrected chi connectivity index (χ1v) is 14.3. The molecular weight excluding hydrogens is 420 g/mol. The van der Waals surface area contributed by atoms with Crippen molar-refractivity contribution in [3.8, 4) is 11.5 Å². The fraction of sp³-hybridized carbons (Fsp3) is 0.774. The molecule has 0 fully saturated rings. The standard InChI is InChI=1S/C31H54O3/c1-6-7-8-9-10-11-12-13-14-15-16-17-18-19-20-21-22-23-30(33)34-29-25-28(32)27(24-26(29)2)31(3,4)5/h24-25,32H,6-23H2,1-5H3. The first kappa shape index (κ1) is 30.5. The Morgan fingerprint density at radius 2 is 1.15 bits per heavy atom. The third-order valence-corrected chi connectivity index (χ3v) is 6.81. The Balaban J connectivity index is 1.99. The van der Waals surface area contributed by atoms with E-state index in [0.29, 0.717) is 12.2 Å². The highest BCUT2D eigenvalue weighted by Crippen LogP contribution is 2.35. The number of ether oxygens (including phenoxy) is 1. The van der Waals surface area contributed by atoms with Gasteiger partial charge in [0.25, 0.3) is 0 Å². The second-order valence-corrected chi connectivity index (χ2v) is 11.3. The number of hydrogen-bond acceptors (Lipinski definition) is 3. The Hall–Kier alpha value is -1.51. The molecule has 1 N–H and O–H groups in total. The number of aromatic hydroxyl groups is 1. The molecule has 1 rings (SSSR count). The summed E-state index contributed by atoms with van der Waals surface area (Å²) < 4.78 is 5.52. The van der Waals surface area contributed by atoms with Crippen LogP contribution in [0.5, 0.6) is 11.5 Å². The normalized spacial score (nSPS) is 11.7. The van der Waals surface area contributed by atoms with Crippen LogP contribution in [0.1, 0.15) is 154 Å². The summed E-state index contributed by atoms with van der Waals surface area (Å²) in [7, 11) is 0. The highest BCUT2D eigenvalue weighted by atomic mass is 16.5. The van der Waals surface area contributed by atoms with Gasteiger partial charge in [0.05, 0.1) is 0 Å². The van der Waals surface area contributed by atoms with Gasteiger partial charge in [0.2, 0.25) is 0 Å². The van der Waals surface area contributed by atoms with Gasteiger partial charge in [-0.15, -0.1) is 0 Å². The lowest BCUT2D eigenvalue weighted by Gasteiger charge is -2.22. The van der Waals surface area contributed by atoms with Crippen molar-refractivity contribution in [3.63, 3.8) is 0 Å². The van der Waals surface area contributed by atoms with Crippen LogP contribution in [0.15, 0.2) is 12.1 Å². The van der Waals surface area contributed by atoms with Crippen molar-refractivity contribution in [2.24, 2.45) is 0 Å². The minimum absolute atomic E-state index is 0.148. The summed E-state index contributed by atoms with van der Waals surface area (Å²) in [4.78, 5) is 12.2. The topological polar surface area (TPSA) is 46.5 Å². The Labute approximate surface area is 211 Å². The van der Waals surface area contributed by atoms with Crippen LogP contribution in [-0.2, 0) is 10.2 Å². The lowest BCUT2D eigenvalue weighted by molar-refractivity contribution is -0.134. The maximum absolute atomic E-state index is 12.2. The predicted molar refractivity (Wildman–Crippen MR) is 146 cm³/mol. The monoisotopic (exact) mass is 474 g/mol. The summed E-state index contributed by atoms with van der Waals surface area (Å²) in [5.74, 6) is 0.466. The summed E-state index contributed by atoms with van der Waals surface area (Å²) in [5, 5.41) is 10.3. The smallest absolute Gasteiger partial charge is 0.311 e. The first-order chi connectivity index (χ1) is 16.3. The number of aryl methyl sites for hydroxylation is 1. The van der Waals surface area contributed by atoms with Gasteiger partial charge in [-0.2, -0.15) is 0 Å². The predicted octanol–water partition coefficient (Wildman–Crippen LogP) is 9.95. The molecule has 0 atom stereocenters. The molecule has 0 bridgehead atoms. The van der Waals surface area contributed by atoms with Crippen LogP contribution in [0.3, 0.4) is 0 Å². The van der Waals surface area contributed by atoms with E-state index in [1.807, 2.05) is 13.0 Å². The SMILES string of the molecule is CCCCCCCCCCCCCCCCCCCC(=O)Oc1cc(O)c(C(C)(C)C)cc1C. The molecule has 3 heteroatoms. The molecular formula is C31H54O3. The van der Waals surface area contributed by atoms with Crippen LogP contribution in [0.4, 0.5) is 0 Å². The van der Waals surface area contributed by atoms with E-state index < -0.39 is 0 Å². The van der Waals surface area contributed by atoms with Crippen LogP contribution in [0.2, 0.25) is 0 Å². The van der Waals surface area contributed by atoms with Crippen molar-refractivity contribution < 1.29 is 14.6 Å². The van der Waals surface area contributed by atoms with Crippen LogP contribution in [-0.4, -0.2) is 11.1 Å². The van der Waals surface area contributed by atoms with Crippen LogP contribution in [0, 0.1) is 6.92 Å². The second-order valence-electron chi connectivity index (χ2n) is 11.3. The lowest BCUT2D eigenvalue weighted by atomic mass is 9.85. The van der Waals surface area contributed by atoms with E-state index in [1.54, 1.807) is 6.07 Å². The Morgan fingerprint density at radius 3 is 1.56 bits per heavy atom. The minimum atomic E-state index is -0.202. The van der Waals surface area contributed by atoms with Crippen molar-refractivity contribution >= 4 is 5.97 Å². The fourth-order valence-corrected chi connectivity index (χ4v) is 4.56. The molecule has 0 spiro atoms. The van der Waals surface area contributed by atoms with Gasteiger partial charge in [0.15, 0.2) is 0 Å². The molecule has 0 amide bonds. The summed E-state index contributed by atoms with van der Waals surface area (Å²) in [6, 6.07) is 3.51. The highest BCUT2D eigenvalue weighted by Gasteiger charge is 2.20.